The molecule has 0 atom stereocenters. The van der Waals surface area contributed by atoms with Crippen molar-refractivity contribution in [3.05, 3.63) is 162 Å². The fraction of sp³-hybridized carbons (Fsp3) is 0.245. The number of amides is 2. The number of nitrogens with one attached hydrogen (secondary N) is 2. The van der Waals surface area contributed by atoms with Gasteiger partial charge in [-0.2, -0.15) is 9.13 Å². The van der Waals surface area contributed by atoms with Crippen molar-refractivity contribution in [1.29, 1.82) is 0 Å². The molecule has 4 aromatic carbocycles. The van der Waals surface area contributed by atoms with Crippen LogP contribution in [0.15, 0.2) is 150 Å². The van der Waals surface area contributed by atoms with Gasteiger partial charge >= 0.3 is 0 Å². The predicted octanol–water partition coefficient (Wildman–Crippen LogP) is 8.65. The number of pyridine rings is 3. The molecule has 2 amide bonds. The van der Waals surface area contributed by atoms with Crippen LogP contribution in [0.25, 0.3) is 21.8 Å². The smallest absolute Gasteiger partial charge is 0.274 e. The molecule has 0 bridgehead atoms. The number of aryl methyl sites for hydroxylation is 4. The SMILES string of the molecule is CCCCC[n+]1cccc2cc(NC(=O)c3ccc(C(=O)Nc4ccc5c(ccc[n+]5CCCCC)c4)nc3)ccc21.Cc1ccc(S(=O)(=O)[O-])cc1.Cc1ccc(S(=O)(=O)[O-])cc1. The summed E-state index contributed by atoms with van der Waals surface area (Å²) < 4.78 is 66.8. The lowest BCUT2D eigenvalue weighted by molar-refractivity contribution is -0.672. The summed E-state index contributed by atoms with van der Waals surface area (Å²) >= 11 is 0. The second-order valence-electron chi connectivity index (χ2n) is 15.2. The number of benzene rings is 4. The summed E-state index contributed by atoms with van der Waals surface area (Å²) in [6, 6.07) is 34.8. The molecule has 7 aromatic rings. The molecule has 3 heterocycles. The summed E-state index contributed by atoms with van der Waals surface area (Å²) in [5.74, 6) is -0.600. The van der Waals surface area contributed by atoms with Crippen LogP contribution in [-0.2, 0) is 33.3 Å². The summed E-state index contributed by atoms with van der Waals surface area (Å²) in [7, 11) is -8.54. The second kappa shape index (κ2) is 22.8. The molecule has 2 N–H and O–H groups in total. The van der Waals surface area contributed by atoms with E-state index < -0.39 is 20.2 Å². The van der Waals surface area contributed by atoms with E-state index in [4.69, 9.17) is 0 Å². The third-order valence-corrected chi connectivity index (χ3v) is 11.9. The Morgan fingerprint density at radius 1 is 0.562 bits per heavy atom. The van der Waals surface area contributed by atoms with E-state index in [1.54, 1.807) is 36.4 Å². The van der Waals surface area contributed by atoms with Gasteiger partial charge in [0.05, 0.1) is 15.4 Å². The van der Waals surface area contributed by atoms with E-state index in [0.29, 0.717) is 16.9 Å². The summed E-state index contributed by atoms with van der Waals surface area (Å²) in [5, 5.41) is 8.02. The molecule has 0 saturated carbocycles. The molecule has 7 rings (SSSR count). The van der Waals surface area contributed by atoms with Crippen molar-refractivity contribution in [3.63, 3.8) is 0 Å². The van der Waals surface area contributed by atoms with Crippen molar-refractivity contribution in [2.75, 3.05) is 10.6 Å². The van der Waals surface area contributed by atoms with Gasteiger partial charge < -0.3 is 19.7 Å². The van der Waals surface area contributed by atoms with Crippen LogP contribution >= 0.6 is 0 Å². The fourth-order valence-electron chi connectivity index (χ4n) is 6.64. The lowest BCUT2D eigenvalue weighted by Gasteiger charge is -2.08. The zero-order valence-corrected chi connectivity index (χ0v) is 38.0. The Hall–Kier alpha value is -6.39. The molecule has 0 saturated heterocycles. The highest BCUT2D eigenvalue weighted by Crippen LogP contribution is 2.20. The first-order chi connectivity index (χ1) is 30.5. The van der Waals surface area contributed by atoms with Crippen LogP contribution in [0.2, 0.25) is 0 Å². The van der Waals surface area contributed by atoms with Gasteiger partial charge in [0.1, 0.15) is 39.0 Å². The molecule has 0 radical (unpaired) electrons. The normalized spacial score (nSPS) is 11.2. The van der Waals surface area contributed by atoms with Crippen molar-refractivity contribution in [1.82, 2.24) is 4.98 Å². The van der Waals surface area contributed by atoms with E-state index in [-0.39, 0.29) is 27.3 Å². The number of hydrogen-bond acceptors (Lipinski definition) is 9. The Bertz CT molecular complexity index is 2710. The van der Waals surface area contributed by atoms with Gasteiger partial charge in [-0.05, 0) is 99.5 Å². The monoisotopic (exact) mass is 903 g/mol. The molecule has 64 heavy (non-hydrogen) atoms. The zero-order chi connectivity index (χ0) is 46.3. The minimum absolute atomic E-state index is 0.178. The highest BCUT2D eigenvalue weighted by atomic mass is 32.2. The largest absolute Gasteiger partial charge is 0.744 e. The van der Waals surface area contributed by atoms with Crippen molar-refractivity contribution in [2.45, 2.75) is 89.1 Å². The lowest BCUT2D eigenvalue weighted by atomic mass is 10.1. The molecule has 0 aliphatic rings. The van der Waals surface area contributed by atoms with Crippen LogP contribution in [-0.4, -0.2) is 42.7 Å². The van der Waals surface area contributed by atoms with Crippen molar-refractivity contribution in [3.8, 4) is 0 Å². The van der Waals surface area contributed by atoms with Crippen molar-refractivity contribution in [2.24, 2.45) is 0 Å². The quantitative estimate of drug-likeness (QED) is 0.0610. The van der Waals surface area contributed by atoms with Gasteiger partial charge in [-0.15, -0.1) is 0 Å². The molecule has 13 nitrogen and oxygen atoms in total. The minimum Gasteiger partial charge on any atom is -0.744 e. The van der Waals surface area contributed by atoms with E-state index >= 15 is 0 Å². The van der Waals surface area contributed by atoms with Crippen molar-refractivity contribution < 1.29 is 44.7 Å². The Kier molecular flexibility index (Phi) is 17.3. The van der Waals surface area contributed by atoms with Crippen LogP contribution in [0, 0.1) is 13.8 Å². The maximum atomic E-state index is 12.9. The van der Waals surface area contributed by atoms with Crippen LogP contribution in [0.1, 0.15) is 84.3 Å². The van der Waals surface area contributed by atoms with Gasteiger partial charge in [-0.1, -0.05) is 62.1 Å². The minimum atomic E-state index is -4.27. The average molecular weight is 904 g/mol. The van der Waals surface area contributed by atoms with E-state index in [0.717, 1.165) is 58.9 Å². The molecule has 0 aliphatic heterocycles. The number of fused-ring (bicyclic) bond motifs is 2. The summed E-state index contributed by atoms with van der Waals surface area (Å²) in [4.78, 5) is 29.8. The molecule has 0 aliphatic carbocycles. The number of carbonyl (C=O) groups is 2. The van der Waals surface area contributed by atoms with Crippen LogP contribution < -0.4 is 19.8 Å². The maximum absolute atomic E-state index is 12.9. The molecule has 0 fully saturated rings. The van der Waals surface area contributed by atoms with E-state index in [2.05, 4.69) is 57.1 Å². The molecule has 334 valence electrons. The fourth-order valence-corrected chi connectivity index (χ4v) is 7.58. The highest BCUT2D eigenvalue weighted by molar-refractivity contribution is 7.86. The lowest BCUT2D eigenvalue weighted by Crippen LogP contribution is -2.33. The van der Waals surface area contributed by atoms with Gasteiger partial charge in [0.2, 0.25) is 11.0 Å². The first kappa shape index (κ1) is 48.6. The summed E-state index contributed by atoms with van der Waals surface area (Å²) in [5.41, 5.74) is 6.17. The van der Waals surface area contributed by atoms with Gasteiger partial charge in [0.15, 0.2) is 12.4 Å². The maximum Gasteiger partial charge on any atom is 0.274 e. The Morgan fingerprint density at radius 2 is 1.00 bits per heavy atom. The first-order valence-corrected chi connectivity index (χ1v) is 23.9. The van der Waals surface area contributed by atoms with Crippen molar-refractivity contribution >= 4 is 65.2 Å². The summed E-state index contributed by atoms with van der Waals surface area (Å²) in [6.45, 7) is 10.00. The van der Waals surface area contributed by atoms with Gasteiger partial charge in [-0.25, -0.2) is 16.8 Å². The Morgan fingerprint density at radius 3 is 1.39 bits per heavy atom. The van der Waals surface area contributed by atoms with E-state index in [1.807, 2.05) is 68.4 Å². The average Bonchev–Trinajstić information content (AvgIpc) is 3.26. The number of nitrogens with zero attached hydrogens (tertiary/aromatic N) is 3. The zero-order valence-electron chi connectivity index (χ0n) is 36.4. The Labute approximate surface area is 375 Å². The third kappa shape index (κ3) is 14.3. The van der Waals surface area contributed by atoms with E-state index in [9.17, 15) is 35.5 Å². The number of aromatic nitrogens is 3. The highest BCUT2D eigenvalue weighted by Gasteiger charge is 2.15. The van der Waals surface area contributed by atoms with Crippen LogP contribution in [0.3, 0.4) is 0 Å². The van der Waals surface area contributed by atoms with Gasteiger partial charge in [0.25, 0.3) is 11.8 Å². The molecule has 0 spiro atoms. The number of rotatable bonds is 14. The standard InChI is InChI=1S/C35H37N5O2.2C7H8O3S/c1-3-5-7-19-39-21-9-11-26-23-29(14-17-32(26)39)37-34(41)28-13-16-31(36-25-28)35(42)38-30-15-18-33-27(24-30)12-10-22-40(33)20-8-6-4-2;2*1-6-2-4-7(5-3-6)11(8,9)10/h9-18,21-25H,3-8,19-20H2,1-2H3;2*2-5H,1H3,(H,8,9,10). The Balaban J connectivity index is 0.000000284. The topological polar surface area (TPSA) is 193 Å². The van der Waals surface area contributed by atoms with E-state index in [1.165, 1.54) is 56.1 Å². The molecule has 0 unspecified atom stereocenters. The first-order valence-electron chi connectivity index (χ1n) is 21.0. The molecular weight excluding hydrogens is 851 g/mol. The number of anilines is 2. The third-order valence-electron chi connectivity index (χ3n) is 10.2. The van der Waals surface area contributed by atoms with Crippen LogP contribution in [0.5, 0.6) is 0 Å². The molecule has 3 aromatic heterocycles. The van der Waals surface area contributed by atoms with Crippen LogP contribution in [0.4, 0.5) is 11.4 Å². The number of carbonyl (C=O) groups excluding carboxylic acids is 2. The number of hydrogen-bond donors (Lipinski definition) is 2. The second-order valence-corrected chi connectivity index (χ2v) is 18.0. The number of unbranched alkanes of at least 4 members (excludes halogenated alkanes) is 4. The van der Waals surface area contributed by atoms with Gasteiger partial charge in [-0.3, -0.25) is 14.6 Å². The molecule has 15 heteroatoms. The predicted molar refractivity (Wildman–Crippen MR) is 246 cm³/mol. The molecular formula is C49H53N5O8S2. The summed E-state index contributed by atoms with van der Waals surface area (Å²) in [6.07, 6.45) is 12.7. The van der Waals surface area contributed by atoms with Gasteiger partial charge in [0, 0.05) is 65.5 Å².